The number of nitrogens with zero attached hydrogens (tertiary/aromatic N) is 1. The zero-order chi connectivity index (χ0) is 17.1. The van der Waals surface area contributed by atoms with Crippen LogP contribution in [0.15, 0.2) is 24.3 Å². The fraction of sp³-hybridized carbons (Fsp3) is 0.562. The van der Waals surface area contributed by atoms with Crippen molar-refractivity contribution in [3.63, 3.8) is 0 Å². The molecule has 1 aromatic carbocycles. The van der Waals surface area contributed by atoms with Crippen molar-refractivity contribution in [2.24, 2.45) is 5.92 Å². The molecule has 0 aliphatic carbocycles. The van der Waals surface area contributed by atoms with E-state index in [0.717, 1.165) is 37.9 Å². The molecule has 0 amide bonds. The molecule has 1 aliphatic rings. The Labute approximate surface area is 145 Å². The molecule has 1 heterocycles. The summed E-state index contributed by atoms with van der Waals surface area (Å²) in [5, 5.41) is 0. The summed E-state index contributed by atoms with van der Waals surface area (Å²) in [6.45, 7) is 3.49. The van der Waals surface area contributed by atoms with Crippen LogP contribution in [0.3, 0.4) is 0 Å². The van der Waals surface area contributed by atoms with Crippen LogP contribution in [0, 0.1) is 13.3 Å². The summed E-state index contributed by atoms with van der Waals surface area (Å²) in [5.74, 6) is 0.00456. The minimum absolute atomic E-state index is 0. The lowest BCUT2D eigenvalue weighted by molar-refractivity contribution is -0.553. The van der Waals surface area contributed by atoms with Crippen molar-refractivity contribution in [1.29, 1.82) is 0 Å². The summed E-state index contributed by atoms with van der Waals surface area (Å²) in [7, 11) is -2.93. The lowest BCUT2D eigenvalue weighted by atomic mass is 9.91. The molecule has 0 bridgehead atoms. The molecule has 8 heteroatoms. The van der Waals surface area contributed by atoms with Crippen LogP contribution in [-0.4, -0.2) is 34.3 Å². The van der Waals surface area contributed by atoms with Gasteiger partial charge in [-0.05, 0) is 37.1 Å². The van der Waals surface area contributed by atoms with E-state index in [9.17, 15) is 8.42 Å². The van der Waals surface area contributed by atoms with Crippen molar-refractivity contribution in [2.75, 3.05) is 30.8 Å². The molecule has 7 nitrogen and oxygen atoms in total. The van der Waals surface area contributed by atoms with E-state index in [1.54, 1.807) is 0 Å². The van der Waals surface area contributed by atoms with Gasteiger partial charge in [0.1, 0.15) is 0 Å². The third kappa shape index (κ3) is 4.83. The SMILES string of the molecule is CCCC([NH3+])(OS(=O)(=O)OC)C1CCN(c2ccc(N)cc2)C1.[CH3-]. The molecule has 1 saturated heterocycles. The largest absolute Gasteiger partial charge is 0.404 e. The predicted molar refractivity (Wildman–Crippen MR) is 95.1 cm³/mol. The van der Waals surface area contributed by atoms with E-state index in [2.05, 4.69) is 14.8 Å². The zero-order valence-corrected chi connectivity index (χ0v) is 15.5. The highest BCUT2D eigenvalue weighted by Crippen LogP contribution is 2.33. The molecule has 1 aliphatic heterocycles. The summed E-state index contributed by atoms with van der Waals surface area (Å²) in [5.41, 5.74) is 10.6. The number of hydrogen-bond donors (Lipinski definition) is 2. The van der Waals surface area contributed by atoms with Crippen molar-refractivity contribution in [2.45, 2.75) is 31.9 Å². The number of nitrogen functional groups attached to an aromatic ring is 1. The fourth-order valence-electron chi connectivity index (χ4n) is 3.08. The number of rotatable bonds is 7. The second-order valence-electron chi connectivity index (χ2n) is 6.00. The molecule has 0 saturated carbocycles. The second-order valence-corrected chi connectivity index (χ2v) is 7.31. The van der Waals surface area contributed by atoms with Crippen molar-refractivity contribution in [3.05, 3.63) is 31.7 Å². The minimum Gasteiger partial charge on any atom is -0.399 e. The normalized spacial score (nSPS) is 20.5. The second kappa shape index (κ2) is 8.15. The maximum absolute atomic E-state index is 11.7. The van der Waals surface area contributed by atoms with Gasteiger partial charge in [0.2, 0.25) is 5.72 Å². The van der Waals surface area contributed by atoms with Crippen LogP contribution < -0.4 is 16.4 Å². The van der Waals surface area contributed by atoms with Crippen LogP contribution in [0.4, 0.5) is 11.4 Å². The molecular formula is C16H29N3O4S. The van der Waals surface area contributed by atoms with Gasteiger partial charge in [-0.25, -0.2) is 0 Å². The van der Waals surface area contributed by atoms with Crippen LogP contribution >= 0.6 is 0 Å². The first-order valence-corrected chi connectivity index (χ1v) is 9.10. The first-order chi connectivity index (χ1) is 10.8. The number of quaternary nitrogens is 1. The lowest BCUT2D eigenvalue weighted by Gasteiger charge is -2.30. The molecule has 0 radical (unpaired) electrons. The number of hydrogen-bond acceptors (Lipinski definition) is 6. The molecule has 138 valence electrons. The van der Waals surface area contributed by atoms with Gasteiger partial charge in [-0.2, -0.15) is 12.6 Å². The van der Waals surface area contributed by atoms with Crippen LogP contribution in [0.1, 0.15) is 26.2 Å². The Kier molecular flexibility index (Phi) is 7.03. The van der Waals surface area contributed by atoms with Gasteiger partial charge in [-0.1, -0.05) is 6.92 Å². The molecule has 2 rings (SSSR count). The molecule has 1 fully saturated rings. The third-order valence-corrected chi connectivity index (χ3v) is 5.28. The van der Waals surface area contributed by atoms with E-state index < -0.39 is 16.1 Å². The Bertz CT molecular complexity index is 621. The van der Waals surface area contributed by atoms with E-state index in [-0.39, 0.29) is 13.3 Å². The van der Waals surface area contributed by atoms with Crippen molar-refractivity contribution >= 4 is 21.8 Å². The van der Waals surface area contributed by atoms with E-state index in [4.69, 9.17) is 9.92 Å². The molecule has 5 N–H and O–H groups in total. The molecule has 0 spiro atoms. The van der Waals surface area contributed by atoms with Crippen molar-refractivity contribution < 1.29 is 22.5 Å². The van der Waals surface area contributed by atoms with E-state index in [0.29, 0.717) is 13.0 Å². The van der Waals surface area contributed by atoms with E-state index >= 15 is 0 Å². The summed E-state index contributed by atoms with van der Waals surface area (Å²) in [6.07, 6.45) is 2.14. The lowest BCUT2D eigenvalue weighted by Crippen LogP contribution is -2.78. The van der Waals surface area contributed by atoms with Crippen molar-refractivity contribution in [3.8, 4) is 0 Å². The van der Waals surface area contributed by atoms with E-state index in [1.165, 1.54) is 0 Å². The first kappa shape index (κ1) is 20.7. The Morgan fingerprint density at radius 1 is 1.38 bits per heavy atom. The van der Waals surface area contributed by atoms with Gasteiger partial charge in [0.05, 0.1) is 13.0 Å². The van der Waals surface area contributed by atoms with Gasteiger partial charge in [0.15, 0.2) is 0 Å². The molecule has 2 atom stereocenters. The average Bonchev–Trinajstić information content (AvgIpc) is 2.98. The summed E-state index contributed by atoms with van der Waals surface area (Å²) < 4.78 is 33.2. The predicted octanol–water partition coefficient (Wildman–Crippen LogP) is 1.19. The maximum atomic E-state index is 11.7. The average molecular weight is 359 g/mol. The van der Waals surface area contributed by atoms with Gasteiger partial charge in [0.25, 0.3) is 0 Å². The highest BCUT2D eigenvalue weighted by Gasteiger charge is 2.47. The summed E-state index contributed by atoms with van der Waals surface area (Å²) in [6, 6.07) is 7.65. The molecule has 1 aromatic rings. The highest BCUT2D eigenvalue weighted by atomic mass is 32.3. The topological polar surface area (TPSA) is 110 Å². The third-order valence-electron chi connectivity index (χ3n) is 4.34. The number of anilines is 2. The van der Waals surface area contributed by atoms with Gasteiger partial charge in [-0.3, -0.25) is 4.18 Å². The van der Waals surface area contributed by atoms with Crippen molar-refractivity contribution in [1.82, 2.24) is 0 Å². The zero-order valence-electron chi connectivity index (χ0n) is 14.7. The molecule has 0 aromatic heterocycles. The highest BCUT2D eigenvalue weighted by molar-refractivity contribution is 7.81. The Balaban J connectivity index is 0.00000288. The van der Waals surface area contributed by atoms with Crippen LogP contribution in [0.25, 0.3) is 0 Å². The smallest absolute Gasteiger partial charge is 0.399 e. The number of nitrogens with two attached hydrogens (primary N) is 1. The Morgan fingerprint density at radius 3 is 2.54 bits per heavy atom. The minimum atomic E-state index is -4.02. The van der Waals surface area contributed by atoms with Crippen LogP contribution in [0.2, 0.25) is 0 Å². The van der Waals surface area contributed by atoms with Crippen LogP contribution in [-0.2, 0) is 18.8 Å². The monoisotopic (exact) mass is 359 g/mol. The van der Waals surface area contributed by atoms with Gasteiger partial charge in [0, 0.05) is 30.9 Å². The quantitative estimate of drug-likeness (QED) is 0.430. The molecular weight excluding hydrogens is 330 g/mol. The maximum Gasteiger partial charge on any atom is 0.404 e. The van der Waals surface area contributed by atoms with Gasteiger partial charge < -0.3 is 23.8 Å². The summed E-state index contributed by atoms with van der Waals surface area (Å²) in [4.78, 5) is 2.20. The Hall–Kier alpha value is -1.35. The standard InChI is InChI=1S/C15H25N3O4S.CH3/c1-3-9-15(17,22-23(19,20)21-2)12-8-10-18(11-12)14-6-4-13(16)5-7-14;/h4-7,12H,3,8-11,16-17H2,1-2H3;1H3/q;-1/p+1. The fourth-order valence-corrected chi connectivity index (χ4v) is 3.78. The molecule has 24 heavy (non-hydrogen) atoms. The first-order valence-electron chi connectivity index (χ1n) is 7.76. The van der Waals surface area contributed by atoms with Crippen LogP contribution in [0.5, 0.6) is 0 Å². The Morgan fingerprint density at radius 2 is 2.00 bits per heavy atom. The van der Waals surface area contributed by atoms with Gasteiger partial charge >= 0.3 is 10.4 Å². The molecule has 2 unspecified atom stereocenters. The summed E-state index contributed by atoms with van der Waals surface area (Å²) >= 11 is 0. The number of benzene rings is 1. The van der Waals surface area contributed by atoms with E-state index in [1.807, 2.05) is 31.2 Å². The van der Waals surface area contributed by atoms with Gasteiger partial charge in [-0.15, -0.1) is 0 Å².